The zero-order valence-electron chi connectivity index (χ0n) is 10.9. The Bertz CT molecular complexity index is 505. The lowest BCUT2D eigenvalue weighted by Crippen LogP contribution is -2.52. The molecule has 1 fully saturated rings. The number of rotatable bonds is 3. The van der Waals surface area contributed by atoms with E-state index in [1.807, 2.05) is 6.92 Å². The Kier molecular flexibility index (Phi) is 3.69. The first kappa shape index (κ1) is 13.3. The van der Waals surface area contributed by atoms with E-state index in [1.54, 1.807) is 6.08 Å². The molecule has 0 saturated carbocycles. The van der Waals surface area contributed by atoms with E-state index in [1.165, 1.54) is 7.11 Å². The maximum atomic E-state index is 12.1. The van der Waals surface area contributed by atoms with Gasteiger partial charge >= 0.3 is 0 Å². The normalized spacial score (nSPS) is 23.1. The predicted octanol–water partition coefficient (Wildman–Crippen LogP) is 0.158. The molecule has 0 bridgehead atoms. The van der Waals surface area contributed by atoms with Gasteiger partial charge in [-0.1, -0.05) is 5.57 Å². The van der Waals surface area contributed by atoms with Gasteiger partial charge in [-0.3, -0.25) is 19.7 Å². The quantitative estimate of drug-likeness (QED) is 0.711. The van der Waals surface area contributed by atoms with Gasteiger partial charge in [0.1, 0.15) is 11.8 Å². The molecule has 6 nitrogen and oxygen atoms in total. The Morgan fingerprint density at radius 1 is 1.47 bits per heavy atom. The summed E-state index contributed by atoms with van der Waals surface area (Å²) in [5, 5.41) is 4.83. The molecule has 0 spiro atoms. The molecule has 1 atom stereocenters. The van der Waals surface area contributed by atoms with Crippen LogP contribution in [0.25, 0.3) is 0 Å². The molecule has 2 N–H and O–H groups in total. The number of hydrogen-bond donors (Lipinski definition) is 2. The number of allylic oxidation sites excluding steroid dienone is 1. The van der Waals surface area contributed by atoms with Crippen LogP contribution in [-0.2, 0) is 19.1 Å². The van der Waals surface area contributed by atoms with Gasteiger partial charge in [-0.2, -0.15) is 0 Å². The lowest BCUT2D eigenvalue weighted by molar-refractivity contribution is -0.136. The van der Waals surface area contributed by atoms with Gasteiger partial charge in [0.15, 0.2) is 0 Å². The molecule has 1 heterocycles. The number of methoxy groups -OCH3 is 1. The largest absolute Gasteiger partial charge is 0.500 e. The van der Waals surface area contributed by atoms with Crippen LogP contribution >= 0.6 is 0 Å². The lowest BCUT2D eigenvalue weighted by atomic mass is 10.1. The van der Waals surface area contributed by atoms with Crippen molar-refractivity contribution in [2.75, 3.05) is 7.11 Å². The Morgan fingerprint density at radius 2 is 2.21 bits per heavy atom. The molecule has 0 radical (unpaired) electrons. The predicted molar refractivity (Wildman–Crippen MR) is 66.7 cm³/mol. The van der Waals surface area contributed by atoms with Gasteiger partial charge in [0.2, 0.25) is 11.8 Å². The monoisotopic (exact) mass is 264 g/mol. The zero-order chi connectivity index (χ0) is 14.0. The van der Waals surface area contributed by atoms with Gasteiger partial charge in [-0.05, 0) is 19.4 Å². The van der Waals surface area contributed by atoms with Gasteiger partial charge in [0.05, 0.1) is 12.7 Å². The SMILES string of the molecule is COC1=C(C(=O)NC2CCC(=O)NC2=O)C=C(C)C1. The van der Waals surface area contributed by atoms with Crippen molar-refractivity contribution in [3.63, 3.8) is 0 Å². The number of amides is 3. The number of nitrogens with one attached hydrogen (secondary N) is 2. The number of carbonyl (C=O) groups is 3. The summed E-state index contributed by atoms with van der Waals surface area (Å²) in [7, 11) is 1.51. The van der Waals surface area contributed by atoms with Crippen LogP contribution in [0.4, 0.5) is 0 Å². The smallest absolute Gasteiger partial charge is 0.255 e. The van der Waals surface area contributed by atoms with Crippen molar-refractivity contribution in [3.05, 3.63) is 23.0 Å². The summed E-state index contributed by atoms with van der Waals surface area (Å²) in [6.07, 6.45) is 2.92. The Labute approximate surface area is 110 Å². The third kappa shape index (κ3) is 2.83. The fraction of sp³-hybridized carbons (Fsp3) is 0.462. The molecule has 19 heavy (non-hydrogen) atoms. The van der Waals surface area contributed by atoms with Crippen LogP contribution in [0.2, 0.25) is 0 Å². The van der Waals surface area contributed by atoms with Gasteiger partial charge in [0.25, 0.3) is 5.91 Å². The zero-order valence-corrected chi connectivity index (χ0v) is 10.9. The van der Waals surface area contributed by atoms with Crippen molar-refractivity contribution in [1.29, 1.82) is 0 Å². The molecule has 0 aromatic heterocycles. The highest BCUT2D eigenvalue weighted by Gasteiger charge is 2.30. The molecular formula is C13H16N2O4. The second-order valence-corrected chi connectivity index (χ2v) is 4.69. The number of hydrogen-bond acceptors (Lipinski definition) is 4. The summed E-state index contributed by atoms with van der Waals surface area (Å²) in [5.41, 5.74) is 1.48. The second-order valence-electron chi connectivity index (χ2n) is 4.69. The van der Waals surface area contributed by atoms with Gasteiger partial charge < -0.3 is 10.1 Å². The van der Waals surface area contributed by atoms with E-state index >= 15 is 0 Å². The van der Waals surface area contributed by atoms with Crippen molar-refractivity contribution in [1.82, 2.24) is 10.6 Å². The first-order valence-electron chi connectivity index (χ1n) is 6.10. The van der Waals surface area contributed by atoms with E-state index in [2.05, 4.69) is 10.6 Å². The minimum absolute atomic E-state index is 0.238. The maximum absolute atomic E-state index is 12.1. The number of carbonyl (C=O) groups excluding carboxylic acids is 3. The summed E-state index contributed by atoms with van der Waals surface area (Å²) in [6, 6.07) is -0.662. The maximum Gasteiger partial charge on any atom is 0.255 e. The summed E-state index contributed by atoms with van der Waals surface area (Å²) in [4.78, 5) is 34.7. The average Bonchev–Trinajstić information content (AvgIpc) is 2.74. The topological polar surface area (TPSA) is 84.5 Å². The van der Waals surface area contributed by atoms with Gasteiger partial charge in [-0.25, -0.2) is 0 Å². The molecule has 3 amide bonds. The number of imide groups is 1. The van der Waals surface area contributed by atoms with Crippen molar-refractivity contribution in [2.45, 2.75) is 32.2 Å². The molecule has 0 aromatic rings. The highest BCUT2D eigenvalue weighted by atomic mass is 16.5. The first-order chi connectivity index (χ1) is 9.01. The van der Waals surface area contributed by atoms with E-state index < -0.39 is 11.9 Å². The molecule has 102 valence electrons. The third-order valence-corrected chi connectivity index (χ3v) is 3.17. The third-order valence-electron chi connectivity index (χ3n) is 3.17. The molecular weight excluding hydrogens is 248 g/mol. The molecule has 2 rings (SSSR count). The molecule has 1 aliphatic carbocycles. The van der Waals surface area contributed by atoms with E-state index in [9.17, 15) is 14.4 Å². The van der Waals surface area contributed by atoms with E-state index in [4.69, 9.17) is 4.74 Å². The van der Waals surface area contributed by atoms with Gasteiger partial charge in [-0.15, -0.1) is 0 Å². The molecule has 6 heteroatoms. The van der Waals surface area contributed by atoms with Crippen LogP contribution in [0.1, 0.15) is 26.2 Å². The van der Waals surface area contributed by atoms with Crippen LogP contribution < -0.4 is 10.6 Å². The van der Waals surface area contributed by atoms with Crippen molar-refractivity contribution < 1.29 is 19.1 Å². The Morgan fingerprint density at radius 3 is 2.84 bits per heavy atom. The van der Waals surface area contributed by atoms with Crippen molar-refractivity contribution in [2.24, 2.45) is 0 Å². The van der Waals surface area contributed by atoms with Crippen molar-refractivity contribution >= 4 is 17.7 Å². The number of piperidine rings is 1. The summed E-state index contributed by atoms with van der Waals surface area (Å²) < 4.78 is 5.16. The summed E-state index contributed by atoms with van der Waals surface area (Å²) in [5.74, 6) is -0.503. The van der Waals surface area contributed by atoms with Crippen LogP contribution in [0.15, 0.2) is 23.0 Å². The fourth-order valence-corrected chi connectivity index (χ4v) is 2.17. The average molecular weight is 264 g/mol. The highest BCUT2D eigenvalue weighted by molar-refractivity contribution is 6.04. The van der Waals surface area contributed by atoms with Gasteiger partial charge in [0, 0.05) is 12.8 Å². The molecule has 1 unspecified atom stereocenters. The second kappa shape index (κ2) is 5.26. The van der Waals surface area contributed by atoms with Crippen LogP contribution in [0, 0.1) is 0 Å². The first-order valence-corrected chi connectivity index (χ1v) is 6.10. The van der Waals surface area contributed by atoms with Crippen molar-refractivity contribution in [3.8, 4) is 0 Å². The minimum Gasteiger partial charge on any atom is -0.500 e. The molecule has 1 aliphatic heterocycles. The standard InChI is InChI=1S/C13H16N2O4/c1-7-5-8(10(6-7)19-2)12(17)14-9-3-4-11(16)15-13(9)18/h5,9H,3-4,6H2,1-2H3,(H,14,17)(H,15,16,18). The molecule has 1 saturated heterocycles. The Balaban J connectivity index is 2.05. The summed E-state index contributed by atoms with van der Waals surface area (Å²) in [6.45, 7) is 1.91. The summed E-state index contributed by atoms with van der Waals surface area (Å²) >= 11 is 0. The minimum atomic E-state index is -0.662. The van der Waals surface area contributed by atoms with Crippen LogP contribution in [-0.4, -0.2) is 30.9 Å². The van der Waals surface area contributed by atoms with E-state index in [-0.39, 0.29) is 18.2 Å². The fourth-order valence-electron chi connectivity index (χ4n) is 2.17. The molecule has 2 aliphatic rings. The Hall–Kier alpha value is -2.11. The highest BCUT2D eigenvalue weighted by Crippen LogP contribution is 2.25. The van der Waals surface area contributed by atoms with Crippen LogP contribution in [0.3, 0.4) is 0 Å². The van der Waals surface area contributed by atoms with E-state index in [0.29, 0.717) is 24.2 Å². The number of ether oxygens (including phenoxy) is 1. The molecule has 0 aromatic carbocycles. The lowest BCUT2D eigenvalue weighted by Gasteiger charge is -2.22. The van der Waals surface area contributed by atoms with Crippen LogP contribution in [0.5, 0.6) is 0 Å². The van der Waals surface area contributed by atoms with E-state index in [0.717, 1.165) is 5.57 Å².